The highest BCUT2D eigenvalue weighted by Gasteiger charge is 2.17. The van der Waals surface area contributed by atoms with Crippen molar-refractivity contribution in [2.24, 2.45) is 5.73 Å². The first-order valence-corrected chi connectivity index (χ1v) is 7.30. The van der Waals surface area contributed by atoms with Crippen molar-refractivity contribution in [2.75, 3.05) is 12.3 Å². The van der Waals surface area contributed by atoms with Gasteiger partial charge in [-0.15, -0.1) is 11.3 Å². The molecule has 3 N–H and O–H groups in total. The number of aryl methyl sites for hydroxylation is 1. The third kappa shape index (κ3) is 2.75. The summed E-state index contributed by atoms with van der Waals surface area (Å²) >= 11 is 8.21. The molecule has 1 aromatic rings. The largest absolute Gasteiger partial charge is 0.392 e. The zero-order valence-corrected chi connectivity index (χ0v) is 11.1. The maximum atomic E-state index is 11.7. The zero-order valence-electron chi connectivity index (χ0n) is 8.62. The third-order valence-corrected chi connectivity index (χ3v) is 4.66. The fourth-order valence-electron chi connectivity index (χ4n) is 1.51. The van der Waals surface area contributed by atoms with Gasteiger partial charge in [0.1, 0.15) is 0 Å². The number of thioether (sulfide) groups is 1. The number of thiocarbonyl (C=S) groups is 1. The van der Waals surface area contributed by atoms with E-state index >= 15 is 0 Å². The van der Waals surface area contributed by atoms with E-state index in [1.807, 2.05) is 17.8 Å². The molecule has 0 spiro atoms. The van der Waals surface area contributed by atoms with Crippen LogP contribution in [0.25, 0.3) is 0 Å². The third-order valence-electron chi connectivity index (χ3n) is 2.27. The summed E-state index contributed by atoms with van der Waals surface area (Å²) in [6.45, 7) is 0.269. The molecule has 0 atom stereocenters. The summed E-state index contributed by atoms with van der Waals surface area (Å²) in [7, 11) is 0. The van der Waals surface area contributed by atoms with Gasteiger partial charge in [-0.25, -0.2) is 0 Å². The first kappa shape index (κ1) is 11.9. The van der Waals surface area contributed by atoms with Crippen LogP contribution in [-0.4, -0.2) is 23.2 Å². The molecular weight excluding hydrogens is 260 g/mol. The van der Waals surface area contributed by atoms with Gasteiger partial charge in [0, 0.05) is 10.6 Å². The van der Waals surface area contributed by atoms with Crippen LogP contribution in [0.15, 0.2) is 6.07 Å². The fourth-order valence-corrected chi connectivity index (χ4v) is 3.87. The second-order valence-corrected chi connectivity index (χ2v) is 6.28. The van der Waals surface area contributed by atoms with Crippen LogP contribution >= 0.6 is 35.3 Å². The molecule has 1 aliphatic heterocycles. The van der Waals surface area contributed by atoms with Crippen molar-refractivity contribution in [3.05, 3.63) is 21.4 Å². The Morgan fingerprint density at radius 2 is 2.44 bits per heavy atom. The highest BCUT2D eigenvalue weighted by molar-refractivity contribution is 7.98. The van der Waals surface area contributed by atoms with Crippen molar-refractivity contribution in [1.29, 1.82) is 0 Å². The van der Waals surface area contributed by atoms with Crippen molar-refractivity contribution >= 4 is 46.2 Å². The molecule has 0 saturated heterocycles. The lowest BCUT2D eigenvalue weighted by molar-refractivity contribution is 0.0963. The second-order valence-electron chi connectivity index (χ2n) is 3.51. The smallest absolute Gasteiger partial charge is 0.261 e. The standard InChI is InChI=1S/C10H12N2OS3/c11-9(14)4-12-10(13)8-3-6-5-15-2-1-7(6)16-8/h3H,1-2,4-5H2,(H2,11,14)(H,12,13). The predicted molar refractivity (Wildman–Crippen MR) is 73.3 cm³/mol. The number of hydrogen-bond donors (Lipinski definition) is 2. The molecule has 0 saturated carbocycles. The van der Waals surface area contributed by atoms with Crippen LogP contribution in [0.2, 0.25) is 0 Å². The van der Waals surface area contributed by atoms with Crippen LogP contribution in [0, 0.1) is 0 Å². The Morgan fingerprint density at radius 3 is 3.12 bits per heavy atom. The lowest BCUT2D eigenvalue weighted by Crippen LogP contribution is -2.31. The van der Waals surface area contributed by atoms with Gasteiger partial charge in [-0.3, -0.25) is 4.79 Å². The molecule has 1 aromatic heterocycles. The molecule has 0 fully saturated rings. The zero-order chi connectivity index (χ0) is 11.5. The minimum absolute atomic E-state index is 0.0720. The van der Waals surface area contributed by atoms with Crippen molar-refractivity contribution in [3.8, 4) is 0 Å². The molecule has 0 unspecified atom stereocenters. The Balaban J connectivity index is 2.06. The molecule has 3 nitrogen and oxygen atoms in total. The maximum absolute atomic E-state index is 11.7. The molecule has 86 valence electrons. The summed E-state index contributed by atoms with van der Waals surface area (Å²) < 4.78 is 0. The van der Waals surface area contributed by atoms with Crippen molar-refractivity contribution in [2.45, 2.75) is 12.2 Å². The van der Waals surface area contributed by atoms with Crippen LogP contribution in [0.1, 0.15) is 20.1 Å². The summed E-state index contributed by atoms with van der Waals surface area (Å²) in [6.07, 6.45) is 1.08. The molecule has 1 amide bonds. The summed E-state index contributed by atoms with van der Waals surface area (Å²) in [5.74, 6) is 2.10. The molecule has 2 heterocycles. The van der Waals surface area contributed by atoms with Gasteiger partial charge in [0.2, 0.25) is 0 Å². The highest BCUT2D eigenvalue weighted by atomic mass is 32.2. The van der Waals surface area contributed by atoms with Gasteiger partial charge in [0.25, 0.3) is 5.91 Å². The van der Waals surface area contributed by atoms with Gasteiger partial charge in [0.05, 0.1) is 16.4 Å². The van der Waals surface area contributed by atoms with E-state index in [2.05, 4.69) is 5.32 Å². The molecule has 0 aromatic carbocycles. The van der Waals surface area contributed by atoms with Gasteiger partial charge < -0.3 is 11.1 Å². The number of nitrogens with one attached hydrogen (secondary N) is 1. The monoisotopic (exact) mass is 272 g/mol. The van der Waals surface area contributed by atoms with Crippen molar-refractivity contribution in [1.82, 2.24) is 5.32 Å². The van der Waals surface area contributed by atoms with E-state index in [1.54, 1.807) is 11.3 Å². The van der Waals surface area contributed by atoms with E-state index < -0.39 is 0 Å². The van der Waals surface area contributed by atoms with Gasteiger partial charge in [0.15, 0.2) is 0 Å². The molecule has 6 heteroatoms. The molecule has 0 aliphatic carbocycles. The van der Waals surface area contributed by atoms with Gasteiger partial charge >= 0.3 is 0 Å². The minimum atomic E-state index is -0.0720. The lowest BCUT2D eigenvalue weighted by atomic mass is 10.2. The van der Waals surface area contributed by atoms with Gasteiger partial charge in [-0.2, -0.15) is 11.8 Å². The van der Waals surface area contributed by atoms with Crippen LogP contribution in [0.3, 0.4) is 0 Å². The van der Waals surface area contributed by atoms with Gasteiger partial charge in [-0.1, -0.05) is 12.2 Å². The lowest BCUT2D eigenvalue weighted by Gasteiger charge is -2.08. The van der Waals surface area contributed by atoms with Crippen LogP contribution in [-0.2, 0) is 12.2 Å². The number of carbonyl (C=O) groups is 1. The van der Waals surface area contributed by atoms with E-state index in [0.717, 1.165) is 22.8 Å². The minimum Gasteiger partial charge on any atom is -0.392 e. The van der Waals surface area contributed by atoms with E-state index in [9.17, 15) is 4.79 Å². The first-order valence-electron chi connectivity index (χ1n) is 4.92. The SMILES string of the molecule is NC(=S)CNC(=O)c1cc2c(s1)CCSC2. The quantitative estimate of drug-likeness (QED) is 0.820. The predicted octanol–water partition coefficient (Wildman–Crippen LogP) is 1.55. The summed E-state index contributed by atoms with van der Waals surface area (Å²) in [4.78, 5) is 14.2. The van der Waals surface area contributed by atoms with E-state index in [1.165, 1.54) is 10.4 Å². The Kier molecular flexibility index (Phi) is 3.83. The van der Waals surface area contributed by atoms with E-state index in [4.69, 9.17) is 18.0 Å². The number of nitrogens with two attached hydrogens (primary N) is 1. The topological polar surface area (TPSA) is 55.1 Å². The molecule has 1 aliphatic rings. The van der Waals surface area contributed by atoms with Crippen LogP contribution < -0.4 is 11.1 Å². The summed E-state index contributed by atoms with van der Waals surface area (Å²) in [5, 5.41) is 2.71. The highest BCUT2D eigenvalue weighted by Crippen LogP contribution is 2.31. The molecule has 0 radical (unpaired) electrons. The molecule has 0 bridgehead atoms. The van der Waals surface area contributed by atoms with Crippen LogP contribution in [0.5, 0.6) is 0 Å². The molecular formula is C10H12N2OS3. The second kappa shape index (κ2) is 5.16. The Labute approximate surface area is 108 Å². The number of fused-ring (bicyclic) bond motifs is 1. The van der Waals surface area contributed by atoms with Crippen LogP contribution in [0.4, 0.5) is 0 Å². The number of hydrogen-bond acceptors (Lipinski definition) is 4. The van der Waals surface area contributed by atoms with E-state index in [0.29, 0.717) is 4.99 Å². The number of rotatable bonds is 3. The number of carbonyl (C=O) groups excluding carboxylic acids is 1. The fraction of sp³-hybridized carbons (Fsp3) is 0.400. The van der Waals surface area contributed by atoms with Crippen molar-refractivity contribution < 1.29 is 4.79 Å². The Bertz CT molecular complexity index is 404. The number of amides is 1. The van der Waals surface area contributed by atoms with E-state index in [-0.39, 0.29) is 12.5 Å². The molecule has 2 rings (SSSR count). The normalized spacial score (nSPS) is 14.2. The first-order chi connectivity index (χ1) is 7.66. The summed E-state index contributed by atoms with van der Waals surface area (Å²) in [5.41, 5.74) is 6.64. The Hall–Kier alpha value is -0.590. The average molecular weight is 272 g/mol. The maximum Gasteiger partial charge on any atom is 0.261 e. The number of thiophene rings is 1. The van der Waals surface area contributed by atoms with Gasteiger partial charge in [-0.05, 0) is 23.8 Å². The average Bonchev–Trinajstić information content (AvgIpc) is 2.69. The summed E-state index contributed by atoms with van der Waals surface area (Å²) in [6, 6.07) is 1.99. The van der Waals surface area contributed by atoms with Crippen molar-refractivity contribution in [3.63, 3.8) is 0 Å². The molecule has 16 heavy (non-hydrogen) atoms. The Morgan fingerprint density at radius 1 is 1.62 bits per heavy atom.